The maximum atomic E-state index is 13.5. The van der Waals surface area contributed by atoms with Crippen LogP contribution in [0.1, 0.15) is 37.9 Å². The van der Waals surface area contributed by atoms with Gasteiger partial charge in [-0.05, 0) is 31.9 Å². The molecule has 0 radical (unpaired) electrons. The zero-order valence-electron chi connectivity index (χ0n) is 9.05. The van der Waals surface area contributed by atoms with Gasteiger partial charge in [0.2, 0.25) is 0 Å². The highest BCUT2D eigenvalue weighted by Crippen LogP contribution is 2.22. The van der Waals surface area contributed by atoms with Gasteiger partial charge in [0.05, 0.1) is 0 Å². The van der Waals surface area contributed by atoms with Gasteiger partial charge < -0.3 is 5.73 Å². The van der Waals surface area contributed by atoms with Crippen molar-refractivity contribution in [3.8, 4) is 0 Å². The molecule has 0 amide bonds. The largest absolute Gasteiger partial charge is 0.324 e. The highest BCUT2D eigenvalue weighted by atomic mass is 19.1. The standard InChI is InChI=1S/C12H18FN/c1-9(14)11-7-5-4-6-10(11)8-12(2,3)13/h4-7,9H,8,14H2,1-3H3. The van der Waals surface area contributed by atoms with Gasteiger partial charge in [0.25, 0.3) is 0 Å². The fourth-order valence-electron chi connectivity index (χ4n) is 1.59. The number of hydrogen-bond donors (Lipinski definition) is 1. The number of hydrogen-bond acceptors (Lipinski definition) is 1. The first-order valence-corrected chi connectivity index (χ1v) is 4.92. The number of benzene rings is 1. The molecule has 2 heteroatoms. The van der Waals surface area contributed by atoms with Gasteiger partial charge in [0, 0.05) is 12.5 Å². The van der Waals surface area contributed by atoms with Crippen LogP contribution >= 0.6 is 0 Å². The van der Waals surface area contributed by atoms with Crippen molar-refractivity contribution in [1.29, 1.82) is 0 Å². The fraction of sp³-hybridized carbons (Fsp3) is 0.500. The van der Waals surface area contributed by atoms with Crippen LogP contribution < -0.4 is 5.73 Å². The molecule has 0 aromatic heterocycles. The van der Waals surface area contributed by atoms with Gasteiger partial charge in [-0.3, -0.25) is 0 Å². The predicted octanol–water partition coefficient (Wildman–Crippen LogP) is 3.00. The second kappa shape index (κ2) is 4.09. The Balaban J connectivity index is 2.96. The molecule has 0 saturated carbocycles. The van der Waals surface area contributed by atoms with Gasteiger partial charge in [-0.15, -0.1) is 0 Å². The summed E-state index contributed by atoms with van der Waals surface area (Å²) in [5.41, 5.74) is 6.68. The van der Waals surface area contributed by atoms with Gasteiger partial charge in [0.1, 0.15) is 5.67 Å². The third kappa shape index (κ3) is 3.11. The lowest BCUT2D eigenvalue weighted by molar-refractivity contribution is 0.216. The third-order valence-electron chi connectivity index (χ3n) is 2.16. The normalized spacial score (nSPS) is 14.1. The van der Waals surface area contributed by atoms with Crippen LogP contribution in [0.25, 0.3) is 0 Å². The number of alkyl halides is 1. The SMILES string of the molecule is CC(N)c1ccccc1CC(C)(C)F. The number of nitrogens with two attached hydrogens (primary N) is 1. The molecule has 0 aliphatic carbocycles. The Bertz CT molecular complexity index is 299. The topological polar surface area (TPSA) is 26.0 Å². The van der Waals surface area contributed by atoms with Crippen molar-refractivity contribution in [2.24, 2.45) is 5.73 Å². The Morgan fingerprint density at radius 3 is 2.43 bits per heavy atom. The number of rotatable bonds is 3. The minimum absolute atomic E-state index is 0.0338. The van der Waals surface area contributed by atoms with Gasteiger partial charge in [-0.2, -0.15) is 0 Å². The monoisotopic (exact) mass is 195 g/mol. The Morgan fingerprint density at radius 2 is 1.93 bits per heavy atom. The predicted molar refractivity (Wildman–Crippen MR) is 57.9 cm³/mol. The molecule has 0 aliphatic rings. The van der Waals surface area contributed by atoms with Gasteiger partial charge >= 0.3 is 0 Å². The van der Waals surface area contributed by atoms with E-state index in [1.165, 1.54) is 0 Å². The maximum Gasteiger partial charge on any atom is 0.109 e. The van der Waals surface area contributed by atoms with Crippen LogP contribution in [0.2, 0.25) is 0 Å². The van der Waals surface area contributed by atoms with Crippen molar-refractivity contribution in [2.45, 2.75) is 38.9 Å². The highest BCUT2D eigenvalue weighted by molar-refractivity contribution is 5.30. The average molecular weight is 195 g/mol. The zero-order valence-corrected chi connectivity index (χ0v) is 9.05. The molecular weight excluding hydrogens is 177 g/mol. The molecule has 14 heavy (non-hydrogen) atoms. The summed E-state index contributed by atoms with van der Waals surface area (Å²) < 4.78 is 13.5. The van der Waals surface area contributed by atoms with E-state index in [2.05, 4.69) is 0 Å². The van der Waals surface area contributed by atoms with Crippen LogP contribution in [0.4, 0.5) is 4.39 Å². The second-order valence-electron chi connectivity index (χ2n) is 4.38. The molecule has 2 N–H and O–H groups in total. The molecule has 1 rings (SSSR count). The average Bonchev–Trinajstić information content (AvgIpc) is 2.01. The van der Waals surface area contributed by atoms with Crippen molar-refractivity contribution in [1.82, 2.24) is 0 Å². The summed E-state index contributed by atoms with van der Waals surface area (Å²) in [6.45, 7) is 5.10. The molecule has 0 aliphatic heterocycles. The van der Waals surface area contributed by atoms with Gasteiger partial charge in [0.15, 0.2) is 0 Å². The first-order chi connectivity index (χ1) is 6.40. The summed E-state index contributed by atoms with van der Waals surface area (Å²) in [5.74, 6) is 0. The molecule has 1 unspecified atom stereocenters. The Hall–Kier alpha value is -0.890. The minimum atomic E-state index is -1.18. The van der Waals surface area contributed by atoms with Crippen molar-refractivity contribution in [3.63, 3.8) is 0 Å². The molecule has 1 aromatic carbocycles. The van der Waals surface area contributed by atoms with Crippen LogP contribution in [0.5, 0.6) is 0 Å². The molecule has 1 aromatic rings. The maximum absolute atomic E-state index is 13.5. The molecule has 0 saturated heterocycles. The van der Waals surface area contributed by atoms with Crippen molar-refractivity contribution < 1.29 is 4.39 Å². The van der Waals surface area contributed by atoms with Crippen molar-refractivity contribution >= 4 is 0 Å². The van der Waals surface area contributed by atoms with Gasteiger partial charge in [-0.25, -0.2) is 4.39 Å². The Morgan fingerprint density at radius 1 is 1.36 bits per heavy atom. The Kier molecular flexibility index (Phi) is 3.27. The van der Waals surface area contributed by atoms with E-state index in [0.29, 0.717) is 6.42 Å². The first kappa shape index (κ1) is 11.2. The van der Waals surface area contributed by atoms with E-state index in [0.717, 1.165) is 11.1 Å². The summed E-state index contributed by atoms with van der Waals surface area (Å²) >= 11 is 0. The first-order valence-electron chi connectivity index (χ1n) is 4.92. The molecule has 78 valence electrons. The van der Waals surface area contributed by atoms with E-state index in [9.17, 15) is 4.39 Å². The van der Waals surface area contributed by atoms with Crippen molar-refractivity contribution in [2.75, 3.05) is 0 Å². The summed E-state index contributed by atoms with van der Waals surface area (Å²) in [5, 5.41) is 0. The highest BCUT2D eigenvalue weighted by Gasteiger charge is 2.18. The second-order valence-corrected chi connectivity index (χ2v) is 4.38. The van der Waals surface area contributed by atoms with E-state index in [-0.39, 0.29) is 6.04 Å². The lowest BCUT2D eigenvalue weighted by atomic mass is 9.93. The minimum Gasteiger partial charge on any atom is -0.324 e. The van der Waals surface area contributed by atoms with E-state index < -0.39 is 5.67 Å². The quantitative estimate of drug-likeness (QED) is 0.788. The summed E-state index contributed by atoms with van der Waals surface area (Å²) in [7, 11) is 0. The van der Waals surface area contributed by atoms with Crippen LogP contribution in [-0.4, -0.2) is 5.67 Å². The third-order valence-corrected chi connectivity index (χ3v) is 2.16. The van der Waals surface area contributed by atoms with E-state index in [1.807, 2.05) is 31.2 Å². The van der Waals surface area contributed by atoms with Crippen LogP contribution in [0.3, 0.4) is 0 Å². The van der Waals surface area contributed by atoms with Crippen LogP contribution in [-0.2, 0) is 6.42 Å². The van der Waals surface area contributed by atoms with E-state index >= 15 is 0 Å². The van der Waals surface area contributed by atoms with Crippen LogP contribution in [0.15, 0.2) is 24.3 Å². The summed E-state index contributed by atoms with van der Waals surface area (Å²) in [6, 6.07) is 7.74. The summed E-state index contributed by atoms with van der Waals surface area (Å²) in [4.78, 5) is 0. The fourth-order valence-corrected chi connectivity index (χ4v) is 1.59. The molecule has 1 atom stereocenters. The smallest absolute Gasteiger partial charge is 0.109 e. The Labute approximate surface area is 85.1 Å². The lowest BCUT2D eigenvalue weighted by Crippen LogP contribution is -2.18. The number of halogens is 1. The summed E-state index contributed by atoms with van der Waals surface area (Å²) in [6.07, 6.45) is 0.421. The van der Waals surface area contributed by atoms with Crippen molar-refractivity contribution in [3.05, 3.63) is 35.4 Å². The van der Waals surface area contributed by atoms with E-state index in [4.69, 9.17) is 5.73 Å². The molecular formula is C12H18FN. The zero-order chi connectivity index (χ0) is 10.8. The van der Waals surface area contributed by atoms with Gasteiger partial charge in [-0.1, -0.05) is 24.3 Å². The molecule has 0 bridgehead atoms. The molecule has 1 nitrogen and oxygen atoms in total. The van der Waals surface area contributed by atoms with Crippen LogP contribution in [0, 0.1) is 0 Å². The molecule has 0 heterocycles. The van der Waals surface area contributed by atoms with E-state index in [1.54, 1.807) is 13.8 Å². The molecule has 0 fully saturated rings. The lowest BCUT2D eigenvalue weighted by Gasteiger charge is -2.18. The molecule has 0 spiro atoms.